The largest absolute Gasteiger partial charge is 0.494 e. The molecule has 0 bridgehead atoms. The van der Waals surface area contributed by atoms with E-state index in [0.717, 1.165) is 28.8 Å². The highest BCUT2D eigenvalue weighted by atomic mass is 32.2. The van der Waals surface area contributed by atoms with Crippen molar-refractivity contribution >= 4 is 68.4 Å². The second kappa shape index (κ2) is 12.0. The van der Waals surface area contributed by atoms with Gasteiger partial charge in [0.15, 0.2) is 23.1 Å². The monoisotopic (exact) mass is 622 g/mol. The van der Waals surface area contributed by atoms with Gasteiger partial charge in [0, 0.05) is 43.6 Å². The van der Waals surface area contributed by atoms with Gasteiger partial charge in [-0.2, -0.15) is 10.2 Å². The van der Waals surface area contributed by atoms with Crippen LogP contribution in [0.3, 0.4) is 0 Å². The zero-order valence-corrected chi connectivity index (χ0v) is 26.2. The fourth-order valence-electron chi connectivity index (χ4n) is 4.14. The van der Waals surface area contributed by atoms with Crippen LogP contribution in [0.1, 0.15) is 26.7 Å². The van der Waals surface area contributed by atoms with E-state index in [0.29, 0.717) is 5.82 Å². The number of carbonyl (C=O) groups is 2. The van der Waals surface area contributed by atoms with Crippen molar-refractivity contribution in [2.24, 2.45) is 14.1 Å². The van der Waals surface area contributed by atoms with Crippen molar-refractivity contribution in [3.8, 4) is 17.0 Å². The first-order valence-corrected chi connectivity index (χ1v) is 15.0. The Kier molecular flexibility index (Phi) is 8.76. The van der Waals surface area contributed by atoms with E-state index in [1.54, 1.807) is 17.8 Å². The first-order valence-electron chi connectivity index (χ1n) is 13.1. The Hall–Kier alpha value is -4.87. The SMILES string of the molecule is BC(B)(B)NC(=O)c1nnc(Nc2cc(C)n(C)n2)cc1Nc1cc(F)cc(-c2cc(C(=O)NS(C)(=O)=O)n(C)n2)c1OC. The Morgan fingerprint density at radius 1 is 0.932 bits per heavy atom. The van der Waals surface area contributed by atoms with Crippen LogP contribution < -0.4 is 25.4 Å². The first kappa shape index (κ1) is 32.1. The molecule has 0 aliphatic heterocycles. The van der Waals surface area contributed by atoms with Crippen LogP contribution in [0.5, 0.6) is 5.75 Å². The topological polar surface area (TPSA) is 187 Å². The fourth-order valence-corrected chi connectivity index (χ4v) is 4.58. The Morgan fingerprint density at radius 2 is 1.64 bits per heavy atom. The number of rotatable bonds is 10. The van der Waals surface area contributed by atoms with E-state index in [9.17, 15) is 18.0 Å². The summed E-state index contributed by atoms with van der Waals surface area (Å²) in [6.45, 7) is 1.88. The van der Waals surface area contributed by atoms with Crippen molar-refractivity contribution in [1.82, 2.24) is 39.8 Å². The summed E-state index contributed by atoms with van der Waals surface area (Å²) in [5.74, 6) is -1.28. The summed E-state index contributed by atoms with van der Waals surface area (Å²) in [5, 5.41) is 25.2. The average Bonchev–Trinajstić information content (AvgIpc) is 3.42. The van der Waals surface area contributed by atoms with Crippen LogP contribution in [0.25, 0.3) is 11.3 Å². The molecule has 4 N–H and O–H groups in total. The predicted molar refractivity (Wildman–Crippen MR) is 170 cm³/mol. The van der Waals surface area contributed by atoms with Gasteiger partial charge in [-0.15, -0.1) is 10.2 Å². The first-order chi connectivity index (χ1) is 20.4. The molecular formula is C24H30B3FN10O5S. The van der Waals surface area contributed by atoms with Gasteiger partial charge >= 0.3 is 0 Å². The summed E-state index contributed by atoms with van der Waals surface area (Å²) in [6.07, 6.45) is 0.845. The second-order valence-electron chi connectivity index (χ2n) is 11.0. The second-order valence-corrected chi connectivity index (χ2v) is 12.8. The normalized spacial score (nSPS) is 11.6. The lowest BCUT2D eigenvalue weighted by Gasteiger charge is -2.22. The van der Waals surface area contributed by atoms with Gasteiger partial charge in [0.05, 0.1) is 30.4 Å². The lowest BCUT2D eigenvalue weighted by atomic mass is 9.49. The molecule has 0 aliphatic carbocycles. The van der Waals surface area contributed by atoms with Gasteiger partial charge in [0.1, 0.15) is 35.0 Å². The summed E-state index contributed by atoms with van der Waals surface area (Å²) in [6, 6.07) is 6.93. The van der Waals surface area contributed by atoms with Crippen molar-refractivity contribution in [3.05, 3.63) is 53.2 Å². The number of hydrogen-bond acceptors (Lipinski definition) is 11. The van der Waals surface area contributed by atoms with E-state index in [1.807, 2.05) is 35.2 Å². The molecule has 228 valence electrons. The average molecular weight is 622 g/mol. The minimum absolute atomic E-state index is 0.0758. The molecule has 0 radical (unpaired) electrons. The van der Waals surface area contributed by atoms with Gasteiger partial charge in [-0.3, -0.25) is 19.0 Å². The highest BCUT2D eigenvalue weighted by molar-refractivity contribution is 7.89. The number of hydrogen-bond donors (Lipinski definition) is 4. The molecule has 0 saturated heterocycles. The summed E-state index contributed by atoms with van der Waals surface area (Å²) in [5.41, 5.74) is 1.27. The maximum Gasteiger partial charge on any atom is 0.282 e. The molecule has 2 amide bonds. The number of sulfonamides is 1. The predicted octanol–water partition coefficient (Wildman–Crippen LogP) is -1.52. The maximum absolute atomic E-state index is 15.1. The fraction of sp³-hybridized carbons (Fsp3) is 0.250. The molecule has 0 unspecified atom stereocenters. The zero-order valence-electron chi connectivity index (χ0n) is 25.4. The smallest absolute Gasteiger partial charge is 0.282 e. The Balaban J connectivity index is 1.79. The summed E-state index contributed by atoms with van der Waals surface area (Å²) in [4.78, 5) is 25.7. The maximum atomic E-state index is 15.1. The van der Waals surface area contributed by atoms with Crippen LogP contribution in [0, 0.1) is 12.7 Å². The molecule has 3 heterocycles. The van der Waals surface area contributed by atoms with Crippen LogP contribution in [0.2, 0.25) is 0 Å². The van der Waals surface area contributed by atoms with Gasteiger partial charge in [-0.25, -0.2) is 17.5 Å². The number of ether oxygens (including phenoxy) is 1. The molecule has 20 heteroatoms. The quantitative estimate of drug-likeness (QED) is 0.151. The lowest BCUT2D eigenvalue weighted by molar-refractivity contribution is 0.0945. The molecule has 0 saturated carbocycles. The third-order valence-corrected chi connectivity index (χ3v) is 6.62. The van der Waals surface area contributed by atoms with Gasteiger partial charge < -0.3 is 20.7 Å². The third kappa shape index (κ3) is 7.55. The van der Waals surface area contributed by atoms with Crippen molar-refractivity contribution < 1.29 is 27.1 Å². The molecule has 3 aromatic heterocycles. The highest BCUT2D eigenvalue weighted by Crippen LogP contribution is 2.39. The van der Waals surface area contributed by atoms with Gasteiger partial charge in [0.25, 0.3) is 11.8 Å². The number of aromatic nitrogens is 6. The number of amides is 2. The van der Waals surface area contributed by atoms with E-state index in [4.69, 9.17) is 4.74 Å². The van der Waals surface area contributed by atoms with Gasteiger partial charge in [-0.1, -0.05) is 0 Å². The minimum Gasteiger partial charge on any atom is -0.494 e. The Labute approximate surface area is 255 Å². The number of aryl methyl sites for hydroxylation is 3. The van der Waals surface area contributed by atoms with Crippen LogP contribution in [0.4, 0.5) is 27.4 Å². The third-order valence-electron chi connectivity index (χ3n) is 6.06. The highest BCUT2D eigenvalue weighted by Gasteiger charge is 2.25. The Bertz CT molecular complexity index is 1860. The number of nitrogens with zero attached hydrogens (tertiary/aromatic N) is 6. The van der Waals surface area contributed by atoms with E-state index in [1.165, 1.54) is 26.3 Å². The molecule has 0 spiro atoms. The molecule has 1 aromatic carbocycles. The number of methoxy groups -OCH3 is 1. The summed E-state index contributed by atoms with van der Waals surface area (Å²) >= 11 is 0. The molecular weight excluding hydrogens is 592 g/mol. The summed E-state index contributed by atoms with van der Waals surface area (Å²) < 4.78 is 48.6. The summed E-state index contributed by atoms with van der Waals surface area (Å²) in [7, 11) is 6.17. The van der Waals surface area contributed by atoms with Crippen LogP contribution in [0.15, 0.2) is 30.3 Å². The molecule has 4 aromatic rings. The molecule has 4 rings (SSSR count). The van der Waals surface area contributed by atoms with Crippen molar-refractivity contribution in [3.63, 3.8) is 0 Å². The number of anilines is 4. The number of benzene rings is 1. The Morgan fingerprint density at radius 3 is 2.23 bits per heavy atom. The van der Waals surface area contributed by atoms with Gasteiger partial charge in [0.2, 0.25) is 10.0 Å². The molecule has 0 aliphatic rings. The zero-order chi connectivity index (χ0) is 32.6. The molecule has 15 nitrogen and oxygen atoms in total. The number of nitrogens with one attached hydrogen (secondary N) is 4. The number of halogens is 1. The van der Waals surface area contributed by atoms with E-state index < -0.39 is 32.9 Å². The van der Waals surface area contributed by atoms with Crippen LogP contribution in [-0.2, 0) is 24.1 Å². The molecule has 0 atom stereocenters. The van der Waals surface area contributed by atoms with E-state index in [2.05, 4.69) is 36.3 Å². The van der Waals surface area contributed by atoms with Crippen LogP contribution >= 0.6 is 0 Å². The molecule has 44 heavy (non-hydrogen) atoms. The standard InChI is InChI=1S/C24H30B3FN10O5S/c1-11-6-19(35-37(11)2)30-18-10-15(20(33-32-18)23(40)31-24(25,26)27)29-16-8-12(28)7-13(21(16)43-4)14-9-17(38(3)34-14)22(39)36-44(5,41)42/h6-10H,25-27H2,1-5H3,(H,31,40)(H,36,39)(H2,29,30,32,35). The number of carbonyl (C=O) groups excluding carboxylic acids is 2. The van der Waals surface area contributed by atoms with Crippen molar-refractivity contribution in [1.29, 1.82) is 0 Å². The van der Waals surface area contributed by atoms with Gasteiger partial charge in [-0.05, 0) is 24.3 Å². The van der Waals surface area contributed by atoms with Crippen LogP contribution in [-0.4, -0.2) is 92.1 Å². The van der Waals surface area contributed by atoms with E-state index >= 15 is 4.39 Å². The van der Waals surface area contributed by atoms with E-state index in [-0.39, 0.29) is 45.6 Å². The minimum atomic E-state index is -3.84. The van der Waals surface area contributed by atoms with Crippen molar-refractivity contribution in [2.75, 3.05) is 24.0 Å². The molecule has 0 fully saturated rings. The van der Waals surface area contributed by atoms with Crippen molar-refractivity contribution in [2.45, 2.75) is 12.2 Å². The lowest BCUT2D eigenvalue weighted by Crippen LogP contribution is -2.50.